The third kappa shape index (κ3) is 5.03. The molecule has 3 heteroatoms. The minimum absolute atomic E-state index is 0.0359. The molecule has 0 unspecified atom stereocenters. The van der Waals surface area contributed by atoms with Gasteiger partial charge >= 0.3 is 0 Å². The molecule has 2 rings (SSSR count). The number of aliphatic hydroxyl groups excluding tert-OH is 1. The number of hydrogen-bond donors (Lipinski definition) is 1. The van der Waals surface area contributed by atoms with E-state index in [-0.39, 0.29) is 11.2 Å². The lowest BCUT2D eigenvalue weighted by molar-refractivity contribution is 0.104. The topological polar surface area (TPSA) is 29.5 Å². The Kier molecular flexibility index (Phi) is 7.70. The molecule has 0 saturated carbocycles. The van der Waals surface area contributed by atoms with E-state index in [1.807, 2.05) is 6.08 Å². The van der Waals surface area contributed by atoms with Crippen LogP contribution in [0.3, 0.4) is 0 Å². The van der Waals surface area contributed by atoms with Crippen LogP contribution in [0.15, 0.2) is 53.0 Å². The van der Waals surface area contributed by atoms with Crippen LogP contribution in [0.4, 0.5) is 4.39 Å². The van der Waals surface area contributed by atoms with Crippen molar-refractivity contribution in [2.24, 2.45) is 5.41 Å². The molecule has 0 radical (unpaired) electrons. The van der Waals surface area contributed by atoms with Crippen LogP contribution in [0, 0.1) is 11.2 Å². The summed E-state index contributed by atoms with van der Waals surface area (Å²) in [4.78, 5) is 0. The summed E-state index contributed by atoms with van der Waals surface area (Å²) in [6, 6.07) is 6.28. The van der Waals surface area contributed by atoms with Gasteiger partial charge in [0.25, 0.3) is 0 Å². The zero-order valence-electron chi connectivity index (χ0n) is 17.1. The highest BCUT2D eigenvalue weighted by Crippen LogP contribution is 2.49. The van der Waals surface area contributed by atoms with Crippen molar-refractivity contribution in [1.29, 1.82) is 0 Å². The molecule has 0 aromatic heterocycles. The average Bonchev–Trinajstić information content (AvgIpc) is 2.70. The highest BCUT2D eigenvalue weighted by molar-refractivity contribution is 5.52. The Labute approximate surface area is 163 Å². The lowest BCUT2D eigenvalue weighted by atomic mass is 9.68. The molecule has 1 aliphatic carbocycles. The zero-order chi connectivity index (χ0) is 19.9. The molecule has 1 N–H and O–H groups in total. The van der Waals surface area contributed by atoms with Crippen molar-refractivity contribution in [3.05, 3.63) is 64.4 Å². The van der Waals surface area contributed by atoms with Gasteiger partial charge in [0.05, 0.1) is 6.61 Å². The van der Waals surface area contributed by atoms with Crippen LogP contribution >= 0.6 is 0 Å². The number of hydrogen-bond acceptors (Lipinski definition) is 2. The van der Waals surface area contributed by atoms with E-state index in [0.717, 1.165) is 62.0 Å². The lowest BCUT2D eigenvalue weighted by Crippen LogP contribution is -2.30. The number of ether oxygens (including phenoxy) is 1. The van der Waals surface area contributed by atoms with E-state index in [0.29, 0.717) is 5.76 Å². The van der Waals surface area contributed by atoms with E-state index in [9.17, 15) is 9.50 Å². The zero-order valence-corrected chi connectivity index (χ0v) is 17.1. The fourth-order valence-electron chi connectivity index (χ4n) is 3.88. The molecule has 0 fully saturated rings. The second-order valence-corrected chi connectivity index (χ2v) is 7.35. The van der Waals surface area contributed by atoms with Gasteiger partial charge in [-0.2, -0.15) is 0 Å². The molecule has 1 aliphatic rings. The largest absolute Gasteiger partial charge is 0.508 e. The molecular formula is C24H33FO2. The Bertz CT molecular complexity index is 706. The summed E-state index contributed by atoms with van der Waals surface area (Å²) in [6.45, 7) is 9.46. The monoisotopic (exact) mass is 372 g/mol. The number of rotatable bonds is 8. The van der Waals surface area contributed by atoms with Crippen LogP contribution in [0.1, 0.15) is 71.8 Å². The second-order valence-electron chi connectivity index (χ2n) is 7.35. The Morgan fingerprint density at radius 3 is 2.37 bits per heavy atom. The van der Waals surface area contributed by atoms with E-state index in [2.05, 4.69) is 27.7 Å². The first-order valence-corrected chi connectivity index (χ1v) is 10.2. The first-order valence-electron chi connectivity index (χ1n) is 10.2. The number of benzene rings is 1. The van der Waals surface area contributed by atoms with Crippen molar-refractivity contribution in [2.75, 3.05) is 6.61 Å². The van der Waals surface area contributed by atoms with Crippen LogP contribution in [-0.2, 0) is 4.74 Å². The van der Waals surface area contributed by atoms with Crippen molar-refractivity contribution in [3.63, 3.8) is 0 Å². The van der Waals surface area contributed by atoms with Gasteiger partial charge in [-0.15, -0.1) is 0 Å². The van der Waals surface area contributed by atoms with Crippen LogP contribution in [0.5, 0.6) is 0 Å². The van der Waals surface area contributed by atoms with Gasteiger partial charge in [0, 0.05) is 5.41 Å². The molecule has 0 aliphatic heterocycles. The van der Waals surface area contributed by atoms with Crippen LogP contribution in [0.2, 0.25) is 0 Å². The van der Waals surface area contributed by atoms with Crippen molar-refractivity contribution in [2.45, 2.75) is 66.2 Å². The molecule has 1 aromatic rings. The Balaban J connectivity index is 2.36. The van der Waals surface area contributed by atoms with Crippen molar-refractivity contribution < 1.29 is 14.2 Å². The summed E-state index contributed by atoms with van der Waals surface area (Å²) in [5, 5.41) is 10.7. The maximum Gasteiger partial charge on any atom is 0.123 e. The molecule has 0 atom stereocenters. The Morgan fingerprint density at radius 1 is 1.15 bits per heavy atom. The third-order valence-corrected chi connectivity index (χ3v) is 5.68. The number of halogens is 1. The van der Waals surface area contributed by atoms with E-state index in [1.54, 1.807) is 18.2 Å². The highest BCUT2D eigenvalue weighted by atomic mass is 19.1. The molecule has 0 bridgehead atoms. The molecular weight excluding hydrogens is 339 g/mol. The first kappa shape index (κ1) is 21.3. The fraction of sp³-hybridized carbons (Fsp3) is 0.500. The molecule has 1 aromatic carbocycles. The van der Waals surface area contributed by atoms with Crippen LogP contribution in [0.25, 0.3) is 6.08 Å². The fourth-order valence-corrected chi connectivity index (χ4v) is 3.88. The quantitative estimate of drug-likeness (QED) is 0.484. The predicted molar refractivity (Wildman–Crippen MR) is 111 cm³/mol. The summed E-state index contributed by atoms with van der Waals surface area (Å²) in [7, 11) is 0. The second kappa shape index (κ2) is 9.77. The summed E-state index contributed by atoms with van der Waals surface area (Å²) < 4.78 is 19.3. The molecule has 0 heterocycles. The lowest BCUT2D eigenvalue weighted by Gasteiger charge is -2.40. The van der Waals surface area contributed by atoms with Gasteiger partial charge in [-0.25, -0.2) is 4.39 Å². The minimum Gasteiger partial charge on any atom is -0.508 e. The summed E-state index contributed by atoms with van der Waals surface area (Å²) in [6.07, 6.45) is 9.06. The van der Waals surface area contributed by atoms with Gasteiger partial charge in [-0.1, -0.05) is 45.9 Å². The molecule has 2 nitrogen and oxygen atoms in total. The van der Waals surface area contributed by atoms with Crippen LogP contribution in [-0.4, -0.2) is 11.7 Å². The Morgan fingerprint density at radius 2 is 1.81 bits per heavy atom. The van der Waals surface area contributed by atoms with Gasteiger partial charge in [0.1, 0.15) is 17.3 Å². The van der Waals surface area contributed by atoms with Crippen LogP contribution < -0.4 is 0 Å². The first-order chi connectivity index (χ1) is 13.0. The Hall–Kier alpha value is -2.03. The van der Waals surface area contributed by atoms with Gasteiger partial charge in [-0.3, -0.25) is 0 Å². The summed E-state index contributed by atoms with van der Waals surface area (Å²) in [5.41, 5.74) is 3.20. The van der Waals surface area contributed by atoms with Crippen molar-refractivity contribution in [1.82, 2.24) is 0 Å². The SMILES string of the molecule is CCCOC1=C(CC)C/C(=C(O)/C=C/c2ccc(F)cc2)CC1(CC)CC. The van der Waals surface area contributed by atoms with E-state index in [4.69, 9.17) is 4.74 Å². The minimum atomic E-state index is -0.255. The molecule has 148 valence electrons. The smallest absolute Gasteiger partial charge is 0.123 e. The van der Waals surface area contributed by atoms with Gasteiger partial charge in [0.15, 0.2) is 0 Å². The molecule has 0 amide bonds. The normalized spacial score (nSPS) is 18.9. The standard InChI is InChI=1S/C24H33FO2/c1-5-15-27-23-19(6-2)16-20(17-24(23,7-3)8-4)22(26)14-11-18-9-12-21(25)13-10-18/h9-14,26H,5-8,15-17H2,1-4H3/b14-11+,22-20+. The average molecular weight is 373 g/mol. The van der Waals surface area contributed by atoms with E-state index < -0.39 is 0 Å². The highest BCUT2D eigenvalue weighted by Gasteiger charge is 2.39. The van der Waals surface area contributed by atoms with E-state index >= 15 is 0 Å². The molecule has 0 spiro atoms. The van der Waals surface area contributed by atoms with Gasteiger partial charge in [-0.05, 0) is 73.4 Å². The number of aliphatic hydroxyl groups is 1. The third-order valence-electron chi connectivity index (χ3n) is 5.68. The molecule has 0 saturated heterocycles. The maximum atomic E-state index is 13.0. The van der Waals surface area contributed by atoms with Gasteiger partial charge in [0.2, 0.25) is 0 Å². The summed E-state index contributed by atoms with van der Waals surface area (Å²) in [5.74, 6) is 1.23. The maximum absolute atomic E-state index is 13.0. The molecule has 27 heavy (non-hydrogen) atoms. The number of allylic oxidation sites excluding steroid dienone is 4. The van der Waals surface area contributed by atoms with Crippen molar-refractivity contribution >= 4 is 6.08 Å². The summed E-state index contributed by atoms with van der Waals surface area (Å²) >= 11 is 0. The van der Waals surface area contributed by atoms with Crippen molar-refractivity contribution in [3.8, 4) is 0 Å². The van der Waals surface area contributed by atoms with E-state index in [1.165, 1.54) is 17.7 Å². The predicted octanol–water partition coefficient (Wildman–Crippen LogP) is 7.34. The van der Waals surface area contributed by atoms with Gasteiger partial charge < -0.3 is 9.84 Å².